The van der Waals surface area contributed by atoms with Gasteiger partial charge in [0.2, 0.25) is 5.91 Å². The van der Waals surface area contributed by atoms with Crippen molar-refractivity contribution in [1.29, 1.82) is 0 Å². The molecule has 1 atom stereocenters. The Morgan fingerprint density at radius 1 is 1.00 bits per heavy atom. The lowest BCUT2D eigenvalue weighted by Gasteiger charge is -2.33. The number of carbonyl (C=O) groups excluding carboxylic acids is 4. The zero-order valence-electron chi connectivity index (χ0n) is 16.4. The van der Waals surface area contributed by atoms with Gasteiger partial charge in [-0.05, 0) is 43.5 Å². The molecule has 0 bridgehead atoms. The molecule has 1 heterocycles. The molecule has 3 N–H and O–H groups in total. The number of benzene rings is 2. The molecule has 1 aliphatic rings. The first-order chi connectivity index (χ1) is 14.5. The van der Waals surface area contributed by atoms with Crippen LogP contribution in [0.5, 0.6) is 0 Å². The van der Waals surface area contributed by atoms with Crippen LogP contribution in [0, 0.1) is 0 Å². The van der Waals surface area contributed by atoms with Gasteiger partial charge in [-0.25, -0.2) is 4.79 Å². The number of nitrogens with one attached hydrogen (secondary N) is 1. The standard InChI is InChI=1S/C22H23N3O5/c23-20(27)18-12-6-7-13-25(18)19(26)14-30-22(29)16-10-4-5-11-17(16)24-21(28)15-8-2-1-3-9-15/h1-5,8-11,18H,6-7,12-14H2,(H2,23,27)(H,24,28)/t18-/m1/s1. The van der Waals surface area contributed by atoms with Crippen molar-refractivity contribution >= 4 is 29.4 Å². The summed E-state index contributed by atoms with van der Waals surface area (Å²) in [7, 11) is 0. The summed E-state index contributed by atoms with van der Waals surface area (Å²) in [5, 5.41) is 2.68. The number of rotatable bonds is 6. The molecule has 1 saturated heterocycles. The van der Waals surface area contributed by atoms with Crippen LogP contribution in [-0.2, 0) is 14.3 Å². The van der Waals surface area contributed by atoms with Crippen LogP contribution in [0.1, 0.15) is 40.0 Å². The van der Waals surface area contributed by atoms with Crippen molar-refractivity contribution < 1.29 is 23.9 Å². The molecule has 3 rings (SSSR count). The van der Waals surface area contributed by atoms with Gasteiger partial charge in [-0.1, -0.05) is 30.3 Å². The molecule has 2 aromatic rings. The van der Waals surface area contributed by atoms with Gasteiger partial charge < -0.3 is 20.7 Å². The lowest BCUT2D eigenvalue weighted by Crippen LogP contribution is -2.51. The van der Waals surface area contributed by atoms with Crippen LogP contribution in [-0.4, -0.2) is 47.8 Å². The Balaban J connectivity index is 1.65. The maximum atomic E-state index is 12.6. The fraction of sp³-hybridized carbons (Fsp3) is 0.273. The summed E-state index contributed by atoms with van der Waals surface area (Å²) in [6.45, 7) is -0.114. The molecular formula is C22H23N3O5. The van der Waals surface area contributed by atoms with Crippen LogP contribution in [0.3, 0.4) is 0 Å². The first-order valence-electron chi connectivity index (χ1n) is 9.68. The number of amides is 3. The van der Waals surface area contributed by atoms with Crippen molar-refractivity contribution in [3.05, 3.63) is 65.7 Å². The number of hydrogen-bond donors (Lipinski definition) is 2. The summed E-state index contributed by atoms with van der Waals surface area (Å²) < 4.78 is 5.17. The van der Waals surface area contributed by atoms with Gasteiger partial charge in [-0.15, -0.1) is 0 Å². The summed E-state index contributed by atoms with van der Waals surface area (Å²) >= 11 is 0. The molecule has 0 spiro atoms. The second-order valence-electron chi connectivity index (χ2n) is 6.94. The highest BCUT2D eigenvalue weighted by atomic mass is 16.5. The van der Waals surface area contributed by atoms with E-state index in [1.807, 2.05) is 0 Å². The van der Waals surface area contributed by atoms with Crippen LogP contribution >= 0.6 is 0 Å². The number of likely N-dealkylation sites (tertiary alicyclic amines) is 1. The van der Waals surface area contributed by atoms with E-state index in [4.69, 9.17) is 10.5 Å². The molecule has 1 fully saturated rings. The summed E-state index contributed by atoms with van der Waals surface area (Å²) in [6, 6.07) is 14.3. The fourth-order valence-electron chi connectivity index (χ4n) is 3.37. The minimum absolute atomic E-state index is 0.125. The van der Waals surface area contributed by atoms with E-state index in [1.165, 1.54) is 11.0 Å². The average molecular weight is 409 g/mol. The first kappa shape index (κ1) is 21.0. The summed E-state index contributed by atoms with van der Waals surface area (Å²) in [5.41, 5.74) is 6.22. The van der Waals surface area contributed by atoms with E-state index in [2.05, 4.69) is 5.32 Å². The van der Waals surface area contributed by atoms with Gasteiger partial charge in [0.1, 0.15) is 6.04 Å². The van der Waals surface area contributed by atoms with Crippen molar-refractivity contribution in [3.8, 4) is 0 Å². The molecular weight excluding hydrogens is 386 g/mol. The second kappa shape index (κ2) is 9.69. The number of esters is 1. The van der Waals surface area contributed by atoms with Gasteiger partial charge in [0.25, 0.3) is 11.8 Å². The summed E-state index contributed by atoms with van der Waals surface area (Å²) in [4.78, 5) is 50.3. The third-order valence-corrected chi connectivity index (χ3v) is 4.91. The Labute approximate surface area is 174 Å². The number of ether oxygens (including phenoxy) is 1. The zero-order chi connectivity index (χ0) is 21.5. The molecule has 2 aromatic carbocycles. The molecule has 0 aliphatic carbocycles. The van der Waals surface area contributed by atoms with E-state index in [-0.39, 0.29) is 17.2 Å². The third kappa shape index (κ3) is 5.02. The van der Waals surface area contributed by atoms with E-state index < -0.39 is 30.4 Å². The maximum absolute atomic E-state index is 12.6. The molecule has 8 nitrogen and oxygen atoms in total. The van der Waals surface area contributed by atoms with Crippen LogP contribution in [0.15, 0.2) is 54.6 Å². The normalized spacial score (nSPS) is 15.9. The van der Waals surface area contributed by atoms with Crippen molar-refractivity contribution in [2.24, 2.45) is 5.73 Å². The lowest BCUT2D eigenvalue weighted by molar-refractivity contribution is -0.143. The van der Waals surface area contributed by atoms with Crippen LogP contribution < -0.4 is 11.1 Å². The number of piperidine rings is 1. The quantitative estimate of drug-likeness (QED) is 0.707. The van der Waals surface area contributed by atoms with Crippen molar-refractivity contribution in [1.82, 2.24) is 4.90 Å². The number of primary amides is 1. The Morgan fingerprint density at radius 2 is 1.70 bits per heavy atom. The largest absolute Gasteiger partial charge is 0.452 e. The lowest BCUT2D eigenvalue weighted by atomic mass is 10.0. The molecule has 1 aliphatic heterocycles. The Morgan fingerprint density at radius 3 is 2.43 bits per heavy atom. The topological polar surface area (TPSA) is 119 Å². The molecule has 3 amide bonds. The summed E-state index contributed by atoms with van der Waals surface area (Å²) in [5.74, 6) is -2.16. The van der Waals surface area contributed by atoms with Crippen LogP contribution in [0.25, 0.3) is 0 Å². The smallest absolute Gasteiger partial charge is 0.340 e. The highest BCUT2D eigenvalue weighted by Crippen LogP contribution is 2.19. The van der Waals surface area contributed by atoms with E-state index in [0.717, 1.165) is 12.8 Å². The van der Waals surface area contributed by atoms with Crippen LogP contribution in [0.4, 0.5) is 5.69 Å². The molecule has 0 unspecified atom stereocenters. The first-order valence-corrected chi connectivity index (χ1v) is 9.68. The monoisotopic (exact) mass is 409 g/mol. The molecule has 30 heavy (non-hydrogen) atoms. The number of hydrogen-bond acceptors (Lipinski definition) is 5. The van der Waals surface area contributed by atoms with E-state index in [0.29, 0.717) is 18.5 Å². The van der Waals surface area contributed by atoms with Crippen LogP contribution in [0.2, 0.25) is 0 Å². The zero-order valence-corrected chi connectivity index (χ0v) is 16.4. The Hall–Kier alpha value is -3.68. The number of anilines is 1. The number of para-hydroxylation sites is 1. The van der Waals surface area contributed by atoms with Crippen molar-refractivity contribution in [2.75, 3.05) is 18.5 Å². The molecule has 156 valence electrons. The maximum Gasteiger partial charge on any atom is 0.340 e. The Kier molecular flexibility index (Phi) is 6.79. The summed E-state index contributed by atoms with van der Waals surface area (Å²) in [6.07, 6.45) is 2.08. The van der Waals surface area contributed by atoms with Gasteiger partial charge in [-0.3, -0.25) is 14.4 Å². The molecule has 0 saturated carbocycles. The highest BCUT2D eigenvalue weighted by molar-refractivity contribution is 6.08. The van der Waals surface area contributed by atoms with Gasteiger partial charge in [0.05, 0.1) is 11.3 Å². The van der Waals surface area contributed by atoms with E-state index in [9.17, 15) is 19.2 Å². The van der Waals surface area contributed by atoms with Crippen molar-refractivity contribution in [2.45, 2.75) is 25.3 Å². The molecule has 0 aromatic heterocycles. The Bertz CT molecular complexity index is 945. The SMILES string of the molecule is NC(=O)[C@H]1CCCCN1C(=O)COC(=O)c1ccccc1NC(=O)c1ccccc1. The fourth-order valence-corrected chi connectivity index (χ4v) is 3.37. The van der Waals surface area contributed by atoms with Gasteiger partial charge in [-0.2, -0.15) is 0 Å². The minimum Gasteiger partial charge on any atom is -0.452 e. The second-order valence-corrected chi connectivity index (χ2v) is 6.94. The number of nitrogens with two attached hydrogens (primary N) is 1. The van der Waals surface area contributed by atoms with E-state index in [1.54, 1.807) is 48.5 Å². The van der Waals surface area contributed by atoms with Gasteiger partial charge >= 0.3 is 5.97 Å². The van der Waals surface area contributed by atoms with Crippen molar-refractivity contribution in [3.63, 3.8) is 0 Å². The predicted molar refractivity (Wildman–Crippen MR) is 110 cm³/mol. The molecule has 8 heteroatoms. The molecule has 0 radical (unpaired) electrons. The van der Waals surface area contributed by atoms with Gasteiger partial charge in [0.15, 0.2) is 6.61 Å². The third-order valence-electron chi connectivity index (χ3n) is 4.91. The highest BCUT2D eigenvalue weighted by Gasteiger charge is 2.31. The van der Waals surface area contributed by atoms with Gasteiger partial charge in [0, 0.05) is 12.1 Å². The minimum atomic E-state index is -0.750. The average Bonchev–Trinajstić information content (AvgIpc) is 2.78. The van der Waals surface area contributed by atoms with E-state index >= 15 is 0 Å². The predicted octanol–water partition coefficient (Wildman–Crippen LogP) is 1.96. The number of nitrogens with zero attached hydrogens (tertiary/aromatic N) is 1. The number of carbonyl (C=O) groups is 4.